The fourth-order valence-corrected chi connectivity index (χ4v) is 3.92. The van der Waals surface area contributed by atoms with Crippen molar-refractivity contribution >= 4 is 11.7 Å². The van der Waals surface area contributed by atoms with Gasteiger partial charge in [0.25, 0.3) is 0 Å². The second kappa shape index (κ2) is 5.15. The number of carboxylic acids is 1. The molecular weight excluding hydrogens is 309 g/mol. The van der Waals surface area contributed by atoms with Crippen molar-refractivity contribution in [3.63, 3.8) is 0 Å². The predicted molar refractivity (Wildman–Crippen MR) is 75.8 cm³/mol. The molecule has 1 N–H and O–H groups in total. The lowest BCUT2D eigenvalue weighted by Gasteiger charge is -2.26. The lowest BCUT2D eigenvalue weighted by molar-refractivity contribution is -0.149. The summed E-state index contributed by atoms with van der Waals surface area (Å²) in [4.78, 5) is 13.2. The van der Waals surface area contributed by atoms with Crippen molar-refractivity contribution in [3.8, 4) is 6.07 Å². The number of nitriles is 1. The van der Waals surface area contributed by atoms with E-state index in [1.807, 2.05) is 6.07 Å². The number of hydrogen-bond donors (Lipinski definition) is 1. The van der Waals surface area contributed by atoms with Gasteiger partial charge in [0.1, 0.15) is 0 Å². The number of hydrogen-bond acceptors (Lipinski definition) is 3. The van der Waals surface area contributed by atoms with E-state index >= 15 is 0 Å². The van der Waals surface area contributed by atoms with E-state index in [4.69, 9.17) is 5.26 Å². The maximum absolute atomic E-state index is 13.3. The lowest BCUT2D eigenvalue weighted by atomic mass is 9.81. The number of rotatable bonds is 2. The van der Waals surface area contributed by atoms with E-state index in [-0.39, 0.29) is 30.3 Å². The highest BCUT2D eigenvalue weighted by atomic mass is 19.4. The highest BCUT2D eigenvalue weighted by molar-refractivity contribution is 5.78. The van der Waals surface area contributed by atoms with Gasteiger partial charge in [-0.1, -0.05) is 6.42 Å². The minimum absolute atomic E-state index is 0.0605. The number of alkyl halides is 3. The third kappa shape index (κ3) is 2.42. The van der Waals surface area contributed by atoms with E-state index in [1.165, 1.54) is 11.0 Å². The van der Waals surface area contributed by atoms with Crippen LogP contribution in [0.3, 0.4) is 0 Å². The molecule has 0 bridgehead atoms. The highest BCUT2D eigenvalue weighted by Crippen LogP contribution is 2.51. The van der Waals surface area contributed by atoms with E-state index < -0.39 is 23.1 Å². The Hall–Kier alpha value is -2.23. The number of anilines is 1. The van der Waals surface area contributed by atoms with Gasteiger partial charge in [-0.2, -0.15) is 18.4 Å². The van der Waals surface area contributed by atoms with Gasteiger partial charge < -0.3 is 10.0 Å². The molecule has 1 aliphatic heterocycles. The molecule has 0 radical (unpaired) electrons. The molecule has 7 heteroatoms. The van der Waals surface area contributed by atoms with Crippen LogP contribution in [0.25, 0.3) is 0 Å². The molecule has 1 aliphatic carbocycles. The molecule has 23 heavy (non-hydrogen) atoms. The van der Waals surface area contributed by atoms with Crippen LogP contribution in [0.2, 0.25) is 0 Å². The van der Waals surface area contributed by atoms with E-state index in [2.05, 4.69) is 0 Å². The minimum Gasteiger partial charge on any atom is -0.481 e. The maximum atomic E-state index is 13.3. The monoisotopic (exact) mass is 324 g/mol. The molecule has 1 aromatic rings. The van der Waals surface area contributed by atoms with Gasteiger partial charge >= 0.3 is 12.1 Å². The van der Waals surface area contributed by atoms with Crippen LogP contribution in [0.15, 0.2) is 18.2 Å². The summed E-state index contributed by atoms with van der Waals surface area (Å²) in [6, 6.07) is 5.08. The molecule has 2 fully saturated rings. The van der Waals surface area contributed by atoms with Gasteiger partial charge in [-0.3, -0.25) is 4.79 Å². The van der Waals surface area contributed by atoms with E-state index in [0.717, 1.165) is 18.6 Å². The Morgan fingerprint density at radius 2 is 2.17 bits per heavy atom. The zero-order valence-corrected chi connectivity index (χ0v) is 12.2. The number of carbonyl (C=O) groups is 1. The van der Waals surface area contributed by atoms with Crippen LogP contribution in [0, 0.1) is 22.7 Å². The first-order valence-electron chi connectivity index (χ1n) is 7.37. The summed E-state index contributed by atoms with van der Waals surface area (Å²) in [6.45, 7) is 0.342. The van der Waals surface area contributed by atoms with Crippen LogP contribution in [0.5, 0.6) is 0 Å². The number of halogens is 3. The van der Waals surface area contributed by atoms with Gasteiger partial charge in [-0.05, 0) is 37.0 Å². The standard InChI is InChI=1S/C16H15F3N2O2/c17-16(18,19)12-4-3-10(7-20)6-13(12)21-8-11-2-1-5-15(11,9-21)14(22)23/h3-4,6,11H,1-2,5,8-9H2,(H,22,23)/t11-,15+/m0/s1. The first-order chi connectivity index (χ1) is 10.8. The van der Waals surface area contributed by atoms with Crippen molar-refractivity contribution in [1.29, 1.82) is 5.26 Å². The van der Waals surface area contributed by atoms with Crippen molar-refractivity contribution in [3.05, 3.63) is 29.3 Å². The smallest absolute Gasteiger partial charge is 0.418 e. The summed E-state index contributed by atoms with van der Waals surface area (Å²) in [5.41, 5.74) is -1.75. The fourth-order valence-electron chi connectivity index (χ4n) is 3.92. The average molecular weight is 324 g/mol. The van der Waals surface area contributed by atoms with E-state index in [0.29, 0.717) is 12.8 Å². The van der Waals surface area contributed by atoms with Gasteiger partial charge in [0.2, 0.25) is 0 Å². The van der Waals surface area contributed by atoms with Gasteiger partial charge in [-0.25, -0.2) is 0 Å². The Kier molecular flexibility index (Phi) is 3.51. The molecule has 2 atom stereocenters. The Labute approximate surface area is 131 Å². The summed E-state index contributed by atoms with van der Waals surface area (Å²) in [7, 11) is 0. The van der Waals surface area contributed by atoms with Crippen LogP contribution in [-0.2, 0) is 11.0 Å². The van der Waals surface area contributed by atoms with Crippen molar-refractivity contribution in [2.75, 3.05) is 18.0 Å². The van der Waals surface area contributed by atoms with Crippen LogP contribution >= 0.6 is 0 Å². The van der Waals surface area contributed by atoms with Gasteiger partial charge in [0.15, 0.2) is 0 Å². The SMILES string of the molecule is N#Cc1ccc(C(F)(F)F)c(N2C[C@@H]3CCC[C@@]3(C(=O)O)C2)c1. The number of aliphatic carboxylic acids is 1. The Bertz CT molecular complexity index is 696. The van der Waals surface area contributed by atoms with Crippen molar-refractivity contribution in [1.82, 2.24) is 0 Å². The zero-order valence-electron chi connectivity index (χ0n) is 12.2. The molecule has 2 aliphatic rings. The Balaban J connectivity index is 2.03. The molecule has 0 unspecified atom stereocenters. The predicted octanol–water partition coefficient (Wildman–Crippen LogP) is 3.27. The van der Waals surface area contributed by atoms with Gasteiger partial charge in [0, 0.05) is 13.1 Å². The summed E-state index contributed by atoms with van der Waals surface area (Å²) in [6.07, 6.45) is -2.56. The number of carboxylic acid groups (broad SMARTS) is 1. The van der Waals surface area contributed by atoms with Crippen LogP contribution in [-0.4, -0.2) is 24.2 Å². The molecule has 122 valence electrons. The molecule has 1 saturated heterocycles. The van der Waals surface area contributed by atoms with Crippen molar-refractivity contribution in [2.24, 2.45) is 11.3 Å². The minimum atomic E-state index is -4.54. The molecule has 0 aromatic heterocycles. The quantitative estimate of drug-likeness (QED) is 0.907. The average Bonchev–Trinajstić information content (AvgIpc) is 3.03. The highest BCUT2D eigenvalue weighted by Gasteiger charge is 2.55. The zero-order chi connectivity index (χ0) is 16.8. The number of fused-ring (bicyclic) bond motifs is 1. The molecular formula is C16H15F3N2O2. The van der Waals surface area contributed by atoms with E-state index in [1.54, 1.807) is 0 Å². The lowest BCUT2D eigenvalue weighted by Crippen LogP contribution is -2.36. The first-order valence-corrected chi connectivity index (χ1v) is 7.37. The van der Waals surface area contributed by atoms with Crippen molar-refractivity contribution < 1.29 is 23.1 Å². The number of nitrogens with zero attached hydrogens (tertiary/aromatic N) is 2. The molecule has 1 saturated carbocycles. The Morgan fingerprint density at radius 1 is 1.43 bits per heavy atom. The second-order valence-electron chi connectivity index (χ2n) is 6.27. The normalized spacial score (nSPS) is 26.9. The largest absolute Gasteiger partial charge is 0.481 e. The summed E-state index contributed by atoms with van der Waals surface area (Å²) in [5.74, 6) is -1.08. The molecule has 4 nitrogen and oxygen atoms in total. The molecule has 1 heterocycles. The van der Waals surface area contributed by atoms with E-state index in [9.17, 15) is 23.1 Å². The van der Waals surface area contributed by atoms with Gasteiger partial charge in [0.05, 0.1) is 28.3 Å². The summed E-state index contributed by atoms with van der Waals surface area (Å²) < 4.78 is 39.8. The second-order valence-corrected chi connectivity index (χ2v) is 6.27. The van der Waals surface area contributed by atoms with Crippen molar-refractivity contribution in [2.45, 2.75) is 25.4 Å². The molecule has 0 spiro atoms. The third-order valence-electron chi connectivity index (χ3n) is 5.07. The fraction of sp³-hybridized carbons (Fsp3) is 0.500. The summed E-state index contributed by atoms with van der Waals surface area (Å²) >= 11 is 0. The van der Waals surface area contributed by atoms with Crippen LogP contribution < -0.4 is 4.90 Å². The molecule has 1 aromatic carbocycles. The van der Waals surface area contributed by atoms with Crippen LogP contribution in [0.4, 0.5) is 18.9 Å². The summed E-state index contributed by atoms with van der Waals surface area (Å²) in [5, 5.41) is 18.5. The number of benzene rings is 1. The van der Waals surface area contributed by atoms with Gasteiger partial charge in [-0.15, -0.1) is 0 Å². The Morgan fingerprint density at radius 3 is 2.74 bits per heavy atom. The first kappa shape index (κ1) is 15.7. The third-order valence-corrected chi connectivity index (χ3v) is 5.07. The topological polar surface area (TPSA) is 64.3 Å². The maximum Gasteiger partial charge on any atom is 0.418 e. The molecule has 3 rings (SSSR count). The molecule has 0 amide bonds. The van der Waals surface area contributed by atoms with Crippen LogP contribution in [0.1, 0.15) is 30.4 Å².